The number of allylic oxidation sites excluding steroid dienone is 1. The topological polar surface area (TPSA) is 45.9 Å². The van der Waals surface area contributed by atoms with Crippen LogP contribution in [0.2, 0.25) is 18.1 Å². The van der Waals surface area contributed by atoms with Crippen molar-refractivity contribution in [1.82, 2.24) is 4.98 Å². The Morgan fingerprint density at radius 2 is 2.04 bits per heavy atom. The lowest BCUT2D eigenvalue weighted by molar-refractivity contribution is 0.217. The van der Waals surface area contributed by atoms with E-state index in [9.17, 15) is 0 Å². The molecular weight excluding hydrogens is 356 g/mol. The van der Waals surface area contributed by atoms with E-state index in [-0.39, 0.29) is 11.1 Å². The third-order valence-corrected chi connectivity index (χ3v) is 10.4. The maximum atomic E-state index is 8.78. The molecule has 0 aliphatic heterocycles. The molecule has 1 atom stereocenters. The van der Waals surface area contributed by atoms with E-state index in [0.717, 1.165) is 23.5 Å². The number of thiazole rings is 1. The van der Waals surface area contributed by atoms with Gasteiger partial charge in [-0.25, -0.2) is 4.98 Å². The number of nitriles is 1. The van der Waals surface area contributed by atoms with Gasteiger partial charge in [0, 0.05) is 11.8 Å². The molecule has 0 fully saturated rings. The van der Waals surface area contributed by atoms with Gasteiger partial charge in [-0.1, -0.05) is 32.4 Å². The van der Waals surface area contributed by atoms with Crippen LogP contribution in [0.3, 0.4) is 0 Å². The molecule has 0 radical (unpaired) electrons. The lowest BCUT2D eigenvalue weighted by Gasteiger charge is -2.39. The third-order valence-electron chi connectivity index (χ3n) is 5.07. The largest absolute Gasteiger partial charge is 0.410 e. The Morgan fingerprint density at radius 3 is 2.54 bits per heavy atom. The molecule has 1 rings (SSSR count). The zero-order valence-electron chi connectivity index (χ0n) is 17.6. The van der Waals surface area contributed by atoms with Crippen molar-refractivity contribution >= 4 is 25.7 Å². The van der Waals surface area contributed by atoms with E-state index in [1.165, 1.54) is 11.1 Å². The van der Waals surface area contributed by atoms with Gasteiger partial charge in [0.25, 0.3) is 0 Å². The zero-order valence-corrected chi connectivity index (χ0v) is 19.5. The summed E-state index contributed by atoms with van der Waals surface area (Å²) >= 11 is 1.67. The van der Waals surface area contributed by atoms with Gasteiger partial charge in [-0.3, -0.25) is 0 Å². The van der Waals surface area contributed by atoms with Crippen LogP contribution in [0.1, 0.15) is 64.6 Å². The van der Waals surface area contributed by atoms with Gasteiger partial charge in [0.15, 0.2) is 8.32 Å². The standard InChI is InChI=1S/C21H34N2OSSi/c1-16(10-9-13-22)11-12-20(24-26(7,8)21(4,5)6)17(2)14-19-15-25-18(3)23-19/h11,14-15,20H,9-10,12H2,1-8H3/b16-11-,17-14+/t20-/m0/s1. The predicted octanol–water partition coefficient (Wildman–Crippen LogP) is 6.89. The summed E-state index contributed by atoms with van der Waals surface area (Å²) in [6, 6.07) is 2.22. The highest BCUT2D eigenvalue weighted by Crippen LogP contribution is 2.38. The van der Waals surface area contributed by atoms with Crippen molar-refractivity contribution in [3.63, 3.8) is 0 Å². The van der Waals surface area contributed by atoms with Crippen LogP contribution in [-0.4, -0.2) is 19.4 Å². The molecule has 0 amide bonds. The van der Waals surface area contributed by atoms with E-state index < -0.39 is 8.32 Å². The molecule has 0 bridgehead atoms. The van der Waals surface area contributed by atoms with Crippen LogP contribution < -0.4 is 0 Å². The van der Waals surface area contributed by atoms with Gasteiger partial charge >= 0.3 is 0 Å². The molecule has 1 aromatic heterocycles. The van der Waals surface area contributed by atoms with Gasteiger partial charge in [0.2, 0.25) is 0 Å². The molecule has 1 aromatic rings. The normalized spacial score (nSPS) is 15.0. The SMILES string of the molecule is C/C(=C/C[C@H](O[Si](C)(C)C(C)(C)C)/C(C)=C/c1csc(C)n1)CCC#N. The summed E-state index contributed by atoms with van der Waals surface area (Å²) in [5.41, 5.74) is 3.48. The molecule has 3 nitrogen and oxygen atoms in total. The van der Waals surface area contributed by atoms with E-state index in [0.29, 0.717) is 6.42 Å². The van der Waals surface area contributed by atoms with Crippen molar-refractivity contribution in [3.05, 3.63) is 33.3 Å². The lowest BCUT2D eigenvalue weighted by atomic mass is 10.0. The van der Waals surface area contributed by atoms with E-state index in [2.05, 4.69) is 76.3 Å². The fraction of sp³-hybridized carbons (Fsp3) is 0.619. The second-order valence-corrected chi connectivity index (χ2v) is 14.3. The number of rotatable bonds is 8. The maximum Gasteiger partial charge on any atom is 0.192 e. The smallest absolute Gasteiger partial charge is 0.192 e. The van der Waals surface area contributed by atoms with Crippen LogP contribution in [0.4, 0.5) is 0 Å². The van der Waals surface area contributed by atoms with Crippen molar-refractivity contribution in [3.8, 4) is 6.07 Å². The van der Waals surface area contributed by atoms with Gasteiger partial charge in [0.05, 0.1) is 22.9 Å². The van der Waals surface area contributed by atoms with Crippen LogP contribution in [0.5, 0.6) is 0 Å². The number of aromatic nitrogens is 1. The van der Waals surface area contributed by atoms with Crippen molar-refractivity contribution in [2.75, 3.05) is 0 Å². The van der Waals surface area contributed by atoms with Crippen LogP contribution in [0, 0.1) is 18.3 Å². The summed E-state index contributed by atoms with van der Waals surface area (Å²) < 4.78 is 6.73. The van der Waals surface area contributed by atoms with Crippen LogP contribution in [0.15, 0.2) is 22.6 Å². The first kappa shape index (κ1) is 22.8. The van der Waals surface area contributed by atoms with Gasteiger partial charge in [-0.05, 0) is 63.4 Å². The van der Waals surface area contributed by atoms with Crippen molar-refractivity contribution < 1.29 is 4.43 Å². The minimum atomic E-state index is -1.88. The Balaban J connectivity index is 3.04. The quantitative estimate of drug-likeness (QED) is 0.359. The Kier molecular flexibility index (Phi) is 8.46. The van der Waals surface area contributed by atoms with E-state index >= 15 is 0 Å². The monoisotopic (exact) mass is 390 g/mol. The summed E-state index contributed by atoms with van der Waals surface area (Å²) in [5.74, 6) is 0. The summed E-state index contributed by atoms with van der Waals surface area (Å²) in [6.07, 6.45) is 6.68. The summed E-state index contributed by atoms with van der Waals surface area (Å²) in [5, 5.41) is 12.1. The van der Waals surface area contributed by atoms with Crippen LogP contribution in [-0.2, 0) is 4.43 Å². The fourth-order valence-corrected chi connectivity index (χ4v) is 4.21. The first-order valence-electron chi connectivity index (χ1n) is 9.27. The number of nitrogens with zero attached hydrogens (tertiary/aromatic N) is 2. The van der Waals surface area contributed by atoms with Gasteiger partial charge in [-0.2, -0.15) is 5.26 Å². The van der Waals surface area contributed by atoms with Crippen LogP contribution in [0.25, 0.3) is 6.08 Å². The first-order valence-corrected chi connectivity index (χ1v) is 13.1. The Morgan fingerprint density at radius 1 is 1.38 bits per heavy atom. The van der Waals surface area contributed by atoms with Crippen molar-refractivity contribution in [2.45, 2.75) is 85.0 Å². The summed E-state index contributed by atoms with van der Waals surface area (Å²) in [4.78, 5) is 4.56. The molecule has 0 saturated heterocycles. The second-order valence-electron chi connectivity index (χ2n) is 8.49. The molecule has 0 aromatic carbocycles. The van der Waals surface area contributed by atoms with E-state index in [1.54, 1.807) is 11.3 Å². The molecular formula is C21H34N2OSSi. The Hall–Kier alpha value is -1.22. The third kappa shape index (κ3) is 7.18. The fourth-order valence-electron chi connectivity index (χ4n) is 2.30. The molecule has 0 aliphatic rings. The molecule has 0 N–H and O–H groups in total. The van der Waals surface area contributed by atoms with Crippen molar-refractivity contribution in [1.29, 1.82) is 5.26 Å². The highest BCUT2D eigenvalue weighted by atomic mass is 32.1. The molecule has 26 heavy (non-hydrogen) atoms. The minimum Gasteiger partial charge on any atom is -0.410 e. The average Bonchev–Trinajstić information content (AvgIpc) is 2.92. The van der Waals surface area contributed by atoms with Crippen molar-refractivity contribution in [2.24, 2.45) is 0 Å². The second kappa shape index (κ2) is 9.64. The first-order chi connectivity index (χ1) is 12.0. The highest BCUT2D eigenvalue weighted by molar-refractivity contribution is 7.09. The van der Waals surface area contributed by atoms with E-state index in [1.807, 2.05) is 6.92 Å². The van der Waals surface area contributed by atoms with E-state index in [4.69, 9.17) is 9.69 Å². The minimum absolute atomic E-state index is 0.0509. The highest BCUT2D eigenvalue weighted by Gasteiger charge is 2.39. The number of aryl methyl sites for hydroxylation is 1. The molecule has 0 saturated carbocycles. The summed E-state index contributed by atoms with van der Waals surface area (Å²) in [6.45, 7) is 17.7. The Bertz CT molecular complexity index is 690. The lowest BCUT2D eigenvalue weighted by Crippen LogP contribution is -2.44. The zero-order chi connectivity index (χ0) is 20.0. The molecule has 0 aliphatic carbocycles. The molecule has 1 heterocycles. The van der Waals surface area contributed by atoms with Gasteiger partial charge in [0.1, 0.15) is 0 Å². The van der Waals surface area contributed by atoms with Gasteiger partial charge in [-0.15, -0.1) is 11.3 Å². The predicted molar refractivity (Wildman–Crippen MR) is 116 cm³/mol. The Labute approximate surface area is 164 Å². The number of hydrogen-bond acceptors (Lipinski definition) is 4. The van der Waals surface area contributed by atoms with Crippen LogP contribution >= 0.6 is 11.3 Å². The van der Waals surface area contributed by atoms with Gasteiger partial charge < -0.3 is 4.43 Å². The summed E-state index contributed by atoms with van der Waals surface area (Å²) in [7, 11) is -1.88. The number of hydrogen-bond donors (Lipinski definition) is 0. The molecule has 0 unspecified atom stereocenters. The molecule has 5 heteroatoms. The average molecular weight is 391 g/mol. The molecule has 144 valence electrons. The molecule has 0 spiro atoms. The maximum absolute atomic E-state index is 8.78.